The highest BCUT2D eigenvalue weighted by atomic mass is 16.4. The number of primary amides is 1. The highest BCUT2D eigenvalue weighted by Crippen LogP contribution is 1.77. The number of carbonyl (C=O) groups is 1. The van der Waals surface area contributed by atoms with Crippen molar-refractivity contribution in [1.29, 1.82) is 0 Å². The van der Waals surface area contributed by atoms with Gasteiger partial charge in [-0.15, -0.1) is 0 Å². The van der Waals surface area contributed by atoms with Crippen LogP contribution in [0.1, 0.15) is 0 Å². The monoisotopic (exact) mass is 128 g/mol. The van der Waals surface area contributed by atoms with Crippen molar-refractivity contribution in [2.45, 2.75) is 0 Å². The minimum Gasteiger partial charge on any atom is -0.416 e. The average molecular weight is 128 g/mol. The van der Waals surface area contributed by atoms with Crippen molar-refractivity contribution in [2.24, 2.45) is 5.73 Å². The SMILES string of the molecule is NC(=O)n1ccoc1=O. The third kappa shape index (κ3) is 0.835. The standard InChI is InChI=1S/C4H4N2O3/c5-3(7)6-1-2-9-4(6)8/h1-2H,(H2,5,7). The maximum absolute atomic E-state index is 10.4. The van der Waals surface area contributed by atoms with Crippen LogP contribution >= 0.6 is 0 Å². The number of aromatic nitrogens is 1. The molecule has 2 N–H and O–H groups in total. The largest absolute Gasteiger partial charge is 0.427 e. The number of oxazole rings is 1. The van der Waals surface area contributed by atoms with E-state index in [-0.39, 0.29) is 0 Å². The van der Waals surface area contributed by atoms with Crippen molar-refractivity contribution < 1.29 is 9.21 Å². The van der Waals surface area contributed by atoms with Gasteiger partial charge in [0.25, 0.3) is 0 Å². The van der Waals surface area contributed by atoms with Crippen LogP contribution in [0.4, 0.5) is 4.79 Å². The summed E-state index contributed by atoms with van der Waals surface area (Å²) < 4.78 is 4.90. The van der Waals surface area contributed by atoms with Crippen LogP contribution in [0.25, 0.3) is 0 Å². The molecule has 0 radical (unpaired) electrons. The zero-order valence-electron chi connectivity index (χ0n) is 4.40. The van der Waals surface area contributed by atoms with E-state index in [1.807, 2.05) is 0 Å². The van der Waals surface area contributed by atoms with Gasteiger partial charge >= 0.3 is 11.8 Å². The van der Waals surface area contributed by atoms with Crippen LogP contribution in [-0.2, 0) is 0 Å². The van der Waals surface area contributed by atoms with Gasteiger partial charge in [0, 0.05) is 0 Å². The molecular weight excluding hydrogens is 124 g/mol. The summed E-state index contributed by atoms with van der Waals surface area (Å²) in [6.07, 6.45) is 2.25. The Labute approximate surface area is 49.7 Å². The third-order valence-corrected chi connectivity index (χ3v) is 0.813. The summed E-state index contributed by atoms with van der Waals surface area (Å²) in [5, 5.41) is 0. The molecule has 0 fully saturated rings. The zero-order chi connectivity index (χ0) is 6.85. The minimum atomic E-state index is -0.839. The van der Waals surface area contributed by atoms with Gasteiger partial charge in [0.05, 0.1) is 6.20 Å². The molecule has 1 amide bonds. The van der Waals surface area contributed by atoms with E-state index < -0.39 is 11.8 Å². The number of nitrogens with two attached hydrogens (primary N) is 1. The molecule has 0 saturated carbocycles. The summed E-state index contributed by atoms with van der Waals surface area (Å²) >= 11 is 0. The quantitative estimate of drug-likeness (QED) is 0.505. The molecule has 0 aliphatic heterocycles. The number of rotatable bonds is 0. The normalized spacial score (nSPS) is 9.33. The van der Waals surface area contributed by atoms with Crippen LogP contribution in [0.15, 0.2) is 21.7 Å². The number of carbonyl (C=O) groups excluding carboxylic acids is 1. The van der Waals surface area contributed by atoms with Crippen LogP contribution in [-0.4, -0.2) is 10.6 Å². The molecule has 0 bridgehead atoms. The summed E-state index contributed by atoms with van der Waals surface area (Å²) in [6.45, 7) is 0. The van der Waals surface area contributed by atoms with E-state index in [2.05, 4.69) is 4.42 Å². The van der Waals surface area contributed by atoms with Crippen molar-refractivity contribution in [1.82, 2.24) is 4.57 Å². The molecule has 0 saturated heterocycles. The van der Waals surface area contributed by atoms with E-state index in [4.69, 9.17) is 5.73 Å². The first kappa shape index (κ1) is 5.61. The number of amides is 1. The lowest BCUT2D eigenvalue weighted by molar-refractivity contribution is 0.248. The van der Waals surface area contributed by atoms with E-state index >= 15 is 0 Å². The predicted octanol–water partition coefficient (Wildman–Crippen LogP) is -0.632. The molecule has 0 atom stereocenters. The van der Waals surface area contributed by atoms with Crippen molar-refractivity contribution in [3.8, 4) is 0 Å². The van der Waals surface area contributed by atoms with Gasteiger partial charge in [0.15, 0.2) is 0 Å². The van der Waals surface area contributed by atoms with E-state index in [1.54, 1.807) is 0 Å². The van der Waals surface area contributed by atoms with Crippen molar-refractivity contribution in [3.63, 3.8) is 0 Å². The summed E-state index contributed by atoms with van der Waals surface area (Å²) in [5.74, 6) is -0.762. The molecule has 0 unspecified atom stereocenters. The molecular formula is C4H4N2O3. The Bertz CT molecular complexity index is 271. The maximum Gasteiger partial charge on any atom is 0.427 e. The van der Waals surface area contributed by atoms with Crippen LogP contribution in [0.2, 0.25) is 0 Å². The molecule has 0 spiro atoms. The van der Waals surface area contributed by atoms with E-state index in [9.17, 15) is 9.59 Å². The first-order valence-corrected chi connectivity index (χ1v) is 2.18. The smallest absolute Gasteiger partial charge is 0.416 e. The number of nitrogens with zero attached hydrogens (tertiary/aromatic N) is 1. The second-order valence-electron chi connectivity index (χ2n) is 1.38. The molecule has 1 aromatic rings. The first-order valence-electron chi connectivity index (χ1n) is 2.18. The van der Waals surface area contributed by atoms with E-state index in [1.165, 1.54) is 0 Å². The van der Waals surface area contributed by atoms with Gasteiger partial charge in [-0.1, -0.05) is 0 Å². The van der Waals surface area contributed by atoms with Crippen LogP contribution in [0.5, 0.6) is 0 Å². The fourth-order valence-electron chi connectivity index (χ4n) is 0.431. The molecule has 5 heteroatoms. The van der Waals surface area contributed by atoms with Crippen molar-refractivity contribution in [2.75, 3.05) is 0 Å². The predicted molar refractivity (Wildman–Crippen MR) is 27.9 cm³/mol. The van der Waals surface area contributed by atoms with Gasteiger partial charge in [0.1, 0.15) is 6.26 Å². The van der Waals surface area contributed by atoms with Gasteiger partial charge in [-0.3, -0.25) is 0 Å². The average Bonchev–Trinajstić information content (AvgIpc) is 2.13. The lowest BCUT2D eigenvalue weighted by Crippen LogP contribution is -2.27. The van der Waals surface area contributed by atoms with Gasteiger partial charge in [0.2, 0.25) is 0 Å². The van der Waals surface area contributed by atoms with Gasteiger partial charge in [-0.05, 0) is 0 Å². The Morgan fingerprint density at radius 1 is 1.78 bits per heavy atom. The fourth-order valence-corrected chi connectivity index (χ4v) is 0.431. The molecule has 1 aromatic heterocycles. The molecule has 0 aromatic carbocycles. The van der Waals surface area contributed by atoms with E-state index in [0.29, 0.717) is 4.57 Å². The lowest BCUT2D eigenvalue weighted by atomic mass is 10.9. The number of hydrogen-bond acceptors (Lipinski definition) is 3. The summed E-state index contributed by atoms with van der Waals surface area (Å²) in [5.41, 5.74) is 4.72. The fraction of sp³-hybridized carbons (Fsp3) is 0. The number of hydrogen-bond donors (Lipinski definition) is 1. The first-order chi connectivity index (χ1) is 4.22. The second-order valence-corrected chi connectivity index (χ2v) is 1.38. The second kappa shape index (κ2) is 1.77. The van der Waals surface area contributed by atoms with Crippen LogP contribution in [0.3, 0.4) is 0 Å². The minimum absolute atomic E-state index is 0.667. The lowest BCUT2D eigenvalue weighted by Gasteiger charge is -1.84. The maximum atomic E-state index is 10.4. The zero-order valence-corrected chi connectivity index (χ0v) is 4.40. The molecule has 1 rings (SSSR count). The Morgan fingerprint density at radius 3 is 2.67 bits per heavy atom. The third-order valence-electron chi connectivity index (χ3n) is 0.813. The Kier molecular flexibility index (Phi) is 1.11. The Balaban J connectivity index is 3.24. The molecule has 1 heterocycles. The summed E-state index contributed by atoms with van der Waals surface area (Å²) in [7, 11) is 0. The van der Waals surface area contributed by atoms with Gasteiger partial charge in [-0.2, -0.15) is 0 Å². The summed E-state index contributed by atoms with van der Waals surface area (Å²) in [4.78, 5) is 20.6. The van der Waals surface area contributed by atoms with Crippen LogP contribution < -0.4 is 11.5 Å². The van der Waals surface area contributed by atoms with Crippen LogP contribution in [0, 0.1) is 0 Å². The van der Waals surface area contributed by atoms with Crippen molar-refractivity contribution >= 4 is 6.03 Å². The summed E-state index contributed by atoms with van der Waals surface area (Å²) in [6, 6.07) is -0.839. The highest BCUT2D eigenvalue weighted by Gasteiger charge is 2.00. The Hall–Kier alpha value is -1.52. The van der Waals surface area contributed by atoms with Gasteiger partial charge < -0.3 is 10.2 Å². The molecule has 0 aliphatic carbocycles. The van der Waals surface area contributed by atoms with E-state index in [0.717, 1.165) is 12.5 Å². The van der Waals surface area contributed by atoms with Crippen molar-refractivity contribution in [3.05, 3.63) is 23.0 Å². The molecule has 0 aliphatic rings. The van der Waals surface area contributed by atoms with Gasteiger partial charge in [-0.25, -0.2) is 14.2 Å². The Morgan fingerprint density at radius 2 is 2.44 bits per heavy atom. The highest BCUT2D eigenvalue weighted by molar-refractivity contribution is 5.73. The molecule has 5 nitrogen and oxygen atoms in total. The topological polar surface area (TPSA) is 78.2 Å². The molecule has 9 heavy (non-hydrogen) atoms. The molecule has 48 valence electrons.